The number of imidazole rings is 1. The van der Waals surface area contributed by atoms with Crippen molar-refractivity contribution in [2.45, 2.75) is 0 Å². The zero-order valence-corrected chi connectivity index (χ0v) is 10.5. The Morgan fingerprint density at radius 1 is 0.900 bits per heavy atom. The normalized spacial score (nSPS) is 11.2. The molecule has 3 nitrogen and oxygen atoms in total. The number of para-hydroxylation sites is 2. The minimum Gasteiger partial charge on any atom is -0.295 e. The first-order valence-corrected chi connectivity index (χ1v) is 6.30. The average molecular weight is 263 g/mol. The number of fused-ring (bicyclic) bond motifs is 3. The summed E-state index contributed by atoms with van der Waals surface area (Å²) in [5.74, 6) is -0.251. The van der Waals surface area contributed by atoms with Crippen molar-refractivity contribution in [1.82, 2.24) is 14.4 Å². The van der Waals surface area contributed by atoms with Crippen LogP contribution in [0.5, 0.6) is 0 Å². The van der Waals surface area contributed by atoms with Crippen LogP contribution in [0, 0.1) is 5.82 Å². The number of hydrogen-bond acceptors (Lipinski definition) is 2. The molecule has 0 amide bonds. The standard InChI is InChI=1S/C16H10FN3/c17-12-7-5-11(6-8-12)16-15-9-18-10-20(15)14-4-2-1-3-13(14)19-16/h1-10H. The third-order valence-electron chi connectivity index (χ3n) is 3.37. The molecule has 4 aromatic rings. The van der Waals surface area contributed by atoms with E-state index in [4.69, 9.17) is 4.98 Å². The van der Waals surface area contributed by atoms with Crippen molar-refractivity contribution in [3.8, 4) is 11.3 Å². The summed E-state index contributed by atoms with van der Waals surface area (Å²) < 4.78 is 15.1. The van der Waals surface area contributed by atoms with Crippen LogP contribution >= 0.6 is 0 Å². The minimum atomic E-state index is -0.251. The van der Waals surface area contributed by atoms with Crippen LogP contribution in [0.3, 0.4) is 0 Å². The first-order chi connectivity index (χ1) is 9.83. The van der Waals surface area contributed by atoms with Crippen LogP contribution in [0.25, 0.3) is 27.8 Å². The van der Waals surface area contributed by atoms with Gasteiger partial charge in [-0.25, -0.2) is 14.4 Å². The molecule has 0 radical (unpaired) electrons. The van der Waals surface area contributed by atoms with E-state index in [-0.39, 0.29) is 5.82 Å². The van der Waals surface area contributed by atoms with E-state index in [0.717, 1.165) is 27.8 Å². The molecular formula is C16H10FN3. The van der Waals surface area contributed by atoms with Gasteiger partial charge in [0.15, 0.2) is 0 Å². The summed E-state index contributed by atoms with van der Waals surface area (Å²) in [7, 11) is 0. The summed E-state index contributed by atoms with van der Waals surface area (Å²) >= 11 is 0. The van der Waals surface area contributed by atoms with Crippen LogP contribution in [0.4, 0.5) is 4.39 Å². The second-order valence-corrected chi connectivity index (χ2v) is 4.60. The molecule has 0 spiro atoms. The van der Waals surface area contributed by atoms with Crippen molar-refractivity contribution in [2.75, 3.05) is 0 Å². The van der Waals surface area contributed by atoms with Crippen LogP contribution in [0.2, 0.25) is 0 Å². The molecule has 2 aromatic heterocycles. The first kappa shape index (κ1) is 11.1. The monoisotopic (exact) mass is 263 g/mol. The van der Waals surface area contributed by atoms with E-state index < -0.39 is 0 Å². The van der Waals surface area contributed by atoms with Gasteiger partial charge in [0.2, 0.25) is 0 Å². The Hall–Kier alpha value is -2.75. The van der Waals surface area contributed by atoms with Crippen LogP contribution in [0.1, 0.15) is 0 Å². The number of hydrogen-bond donors (Lipinski definition) is 0. The van der Waals surface area contributed by atoms with Gasteiger partial charge in [-0.2, -0.15) is 0 Å². The molecule has 0 aliphatic rings. The lowest BCUT2D eigenvalue weighted by molar-refractivity contribution is 0.628. The smallest absolute Gasteiger partial charge is 0.123 e. The van der Waals surface area contributed by atoms with Crippen LogP contribution in [-0.2, 0) is 0 Å². The van der Waals surface area contributed by atoms with E-state index in [1.807, 2.05) is 28.7 Å². The largest absolute Gasteiger partial charge is 0.295 e. The van der Waals surface area contributed by atoms with Gasteiger partial charge in [-0.1, -0.05) is 12.1 Å². The van der Waals surface area contributed by atoms with Gasteiger partial charge in [0.1, 0.15) is 5.82 Å². The summed E-state index contributed by atoms with van der Waals surface area (Å²) in [5, 5.41) is 0. The van der Waals surface area contributed by atoms with Crippen LogP contribution < -0.4 is 0 Å². The lowest BCUT2D eigenvalue weighted by Gasteiger charge is -2.07. The predicted molar refractivity (Wildman–Crippen MR) is 75.9 cm³/mol. The first-order valence-electron chi connectivity index (χ1n) is 6.30. The molecule has 0 saturated carbocycles. The molecule has 4 rings (SSSR count). The second-order valence-electron chi connectivity index (χ2n) is 4.60. The summed E-state index contributed by atoms with van der Waals surface area (Å²) in [6, 6.07) is 14.2. The van der Waals surface area contributed by atoms with E-state index in [1.165, 1.54) is 12.1 Å². The fourth-order valence-corrected chi connectivity index (χ4v) is 2.42. The second kappa shape index (κ2) is 4.13. The lowest BCUT2D eigenvalue weighted by Crippen LogP contribution is -1.94. The average Bonchev–Trinajstić information content (AvgIpc) is 2.97. The molecular weight excluding hydrogens is 253 g/mol. The molecule has 20 heavy (non-hydrogen) atoms. The van der Waals surface area contributed by atoms with E-state index >= 15 is 0 Å². The molecule has 0 aliphatic heterocycles. The van der Waals surface area contributed by atoms with Gasteiger partial charge in [0.05, 0.1) is 34.8 Å². The van der Waals surface area contributed by atoms with Crippen LogP contribution in [-0.4, -0.2) is 14.4 Å². The summed E-state index contributed by atoms with van der Waals surface area (Å²) in [6.07, 6.45) is 3.55. The Bertz CT molecular complexity index is 910. The number of aromatic nitrogens is 3. The lowest BCUT2D eigenvalue weighted by atomic mass is 10.1. The predicted octanol–water partition coefficient (Wildman–Crippen LogP) is 3.69. The van der Waals surface area contributed by atoms with Gasteiger partial charge >= 0.3 is 0 Å². The number of rotatable bonds is 1. The molecule has 2 aromatic carbocycles. The SMILES string of the molecule is Fc1ccc(-c2nc3ccccc3n3cncc23)cc1. The number of halogens is 1. The van der Waals surface area contributed by atoms with Crippen molar-refractivity contribution in [3.63, 3.8) is 0 Å². The molecule has 0 unspecified atom stereocenters. The van der Waals surface area contributed by atoms with Crippen molar-refractivity contribution in [2.24, 2.45) is 0 Å². The summed E-state index contributed by atoms with van der Waals surface area (Å²) in [6.45, 7) is 0. The Kier molecular flexibility index (Phi) is 2.29. The van der Waals surface area contributed by atoms with Crippen LogP contribution in [0.15, 0.2) is 61.1 Å². The number of benzene rings is 2. The molecule has 0 saturated heterocycles. The Balaban J connectivity index is 2.11. The quantitative estimate of drug-likeness (QED) is 0.524. The highest BCUT2D eigenvalue weighted by Gasteiger charge is 2.10. The van der Waals surface area contributed by atoms with Gasteiger partial charge in [0.25, 0.3) is 0 Å². The third-order valence-corrected chi connectivity index (χ3v) is 3.37. The maximum atomic E-state index is 13.1. The molecule has 0 N–H and O–H groups in total. The Labute approximate surface area is 114 Å². The zero-order valence-electron chi connectivity index (χ0n) is 10.5. The summed E-state index contributed by atoms with van der Waals surface area (Å²) in [4.78, 5) is 8.90. The highest BCUT2D eigenvalue weighted by atomic mass is 19.1. The van der Waals surface area contributed by atoms with Gasteiger partial charge in [-0.3, -0.25) is 4.40 Å². The maximum Gasteiger partial charge on any atom is 0.123 e. The zero-order chi connectivity index (χ0) is 13.5. The van der Waals surface area contributed by atoms with Crippen molar-refractivity contribution in [3.05, 3.63) is 66.9 Å². The number of nitrogens with zero attached hydrogens (tertiary/aromatic N) is 3. The molecule has 0 atom stereocenters. The van der Waals surface area contributed by atoms with E-state index in [2.05, 4.69) is 4.98 Å². The molecule has 0 fully saturated rings. The fourth-order valence-electron chi connectivity index (χ4n) is 2.42. The van der Waals surface area contributed by atoms with Crippen molar-refractivity contribution >= 4 is 16.6 Å². The molecule has 0 bridgehead atoms. The van der Waals surface area contributed by atoms with Crippen molar-refractivity contribution in [1.29, 1.82) is 0 Å². The summed E-state index contributed by atoms with van der Waals surface area (Å²) in [5.41, 5.74) is 4.49. The van der Waals surface area contributed by atoms with E-state index in [1.54, 1.807) is 24.7 Å². The molecule has 0 aliphatic carbocycles. The van der Waals surface area contributed by atoms with E-state index in [0.29, 0.717) is 0 Å². The fraction of sp³-hybridized carbons (Fsp3) is 0. The third kappa shape index (κ3) is 1.58. The van der Waals surface area contributed by atoms with Gasteiger partial charge in [-0.05, 0) is 36.4 Å². The Morgan fingerprint density at radius 3 is 2.55 bits per heavy atom. The highest BCUT2D eigenvalue weighted by molar-refractivity contribution is 5.86. The molecule has 96 valence electrons. The minimum absolute atomic E-state index is 0.251. The Morgan fingerprint density at radius 2 is 1.70 bits per heavy atom. The van der Waals surface area contributed by atoms with Gasteiger partial charge in [0, 0.05) is 5.56 Å². The van der Waals surface area contributed by atoms with Gasteiger partial charge in [-0.15, -0.1) is 0 Å². The van der Waals surface area contributed by atoms with Crippen molar-refractivity contribution < 1.29 is 4.39 Å². The highest BCUT2D eigenvalue weighted by Crippen LogP contribution is 2.26. The topological polar surface area (TPSA) is 30.2 Å². The van der Waals surface area contributed by atoms with E-state index in [9.17, 15) is 4.39 Å². The molecule has 2 heterocycles. The maximum absolute atomic E-state index is 13.1. The molecule has 4 heteroatoms. The van der Waals surface area contributed by atoms with Gasteiger partial charge < -0.3 is 0 Å².